The summed E-state index contributed by atoms with van der Waals surface area (Å²) >= 11 is 6.45. The van der Waals surface area contributed by atoms with Crippen LogP contribution in [0.25, 0.3) is 0 Å². The van der Waals surface area contributed by atoms with Crippen molar-refractivity contribution in [1.82, 2.24) is 55.1 Å². The molecule has 566 valence electrons. The molecule has 1 spiro atoms. The monoisotopic (exact) mass is 1430 g/mol. The Labute approximate surface area is 596 Å². The van der Waals surface area contributed by atoms with Gasteiger partial charge in [-0.05, 0) is 140 Å². The number of fused-ring (bicyclic) bond motifs is 2. The van der Waals surface area contributed by atoms with E-state index < -0.39 is 161 Å². The lowest BCUT2D eigenvalue weighted by atomic mass is 9.78. The number of carbonyl (C=O) groups excluding carboxylic acids is 11. The third-order valence-electron chi connectivity index (χ3n) is 23.8. The molecule has 0 aromatic heterocycles. The molecular weight excluding hydrogens is 1320 g/mol. The molecule has 0 aromatic rings. The molecule has 7 aliphatic rings. The van der Waals surface area contributed by atoms with E-state index in [1.165, 1.54) is 60.3 Å². The SMILES string of the molecule is CCO[C@@H]1C[C@H]2C(=O)NC3(CCCC3)C(=O)N(C)[C@@H](C3CCCC3)C(=O)N(C)[C@H](C)CC(=O)N(C)[C@@H](CC(C)C)C(=O)N[C@@H]([C@@H](C)CC)C(=O)N(C)[C@@H](C)C(=O)N3CC[C@H]3C(=O)N(CC)[C@@H](CC3CCC(C)CC3)C(=O)N(C)CC(=O)N[C@@H](CCC3CCC(C(F)(F)F)C(Cl)C3)C(=O)N2C1. The first-order valence-corrected chi connectivity index (χ1v) is 38.0. The normalized spacial score (nSPS) is 33.1. The fraction of sp³-hybridized carbons (Fsp3) is 0.849. The fourth-order valence-electron chi connectivity index (χ4n) is 16.9. The van der Waals surface area contributed by atoms with Crippen molar-refractivity contribution < 1.29 is 70.6 Å². The Bertz CT molecular complexity index is 2890. The highest BCUT2D eigenvalue weighted by Crippen LogP contribution is 2.44. The van der Waals surface area contributed by atoms with Gasteiger partial charge in [-0.3, -0.25) is 52.7 Å². The molecule has 100 heavy (non-hydrogen) atoms. The van der Waals surface area contributed by atoms with Crippen LogP contribution in [0.3, 0.4) is 0 Å². The molecule has 7 fully saturated rings. The first-order valence-electron chi connectivity index (χ1n) is 37.6. The van der Waals surface area contributed by atoms with Crippen LogP contribution in [0.15, 0.2) is 0 Å². The Morgan fingerprint density at radius 1 is 0.640 bits per heavy atom. The third kappa shape index (κ3) is 19.3. The predicted octanol–water partition coefficient (Wildman–Crippen LogP) is 7.28. The summed E-state index contributed by atoms with van der Waals surface area (Å²) in [5.41, 5.74) is -1.52. The van der Waals surface area contributed by atoms with Crippen molar-refractivity contribution in [3.8, 4) is 0 Å². The summed E-state index contributed by atoms with van der Waals surface area (Å²) in [6.07, 6.45) is 3.65. The van der Waals surface area contributed by atoms with Crippen LogP contribution in [0.1, 0.15) is 210 Å². The van der Waals surface area contributed by atoms with Crippen molar-refractivity contribution >= 4 is 76.6 Å². The van der Waals surface area contributed by atoms with Crippen LogP contribution in [0.4, 0.5) is 13.2 Å². The maximum atomic E-state index is 15.6. The number of hydrogen-bond acceptors (Lipinski definition) is 12. The van der Waals surface area contributed by atoms with E-state index in [4.69, 9.17) is 16.3 Å². The number of nitrogens with one attached hydrogen (secondary N) is 3. The number of ether oxygens (including phenoxy) is 1. The Morgan fingerprint density at radius 2 is 1.28 bits per heavy atom. The minimum atomic E-state index is -4.51. The van der Waals surface area contributed by atoms with Gasteiger partial charge in [0.1, 0.15) is 53.9 Å². The van der Waals surface area contributed by atoms with Crippen LogP contribution in [0.5, 0.6) is 0 Å². The quantitative estimate of drug-likeness (QED) is 0.154. The zero-order valence-corrected chi connectivity index (χ0v) is 62.9. The number of nitrogens with zero attached hydrogens (tertiary/aromatic N) is 8. The van der Waals surface area contributed by atoms with E-state index in [9.17, 15) is 37.1 Å². The van der Waals surface area contributed by atoms with Crippen molar-refractivity contribution in [2.24, 2.45) is 41.4 Å². The van der Waals surface area contributed by atoms with Crippen LogP contribution in [0.2, 0.25) is 0 Å². The number of halogens is 4. The number of likely N-dealkylation sites (N-methyl/N-ethyl adjacent to an activating group) is 6. The van der Waals surface area contributed by atoms with Gasteiger partial charge in [0.2, 0.25) is 65.0 Å². The topological polar surface area (TPSA) is 259 Å². The molecule has 3 N–H and O–H groups in total. The molecule has 3 heterocycles. The molecule has 4 saturated carbocycles. The summed E-state index contributed by atoms with van der Waals surface area (Å²) in [5, 5.41) is 7.75. The van der Waals surface area contributed by atoms with E-state index >= 15 is 28.8 Å². The molecule has 7 rings (SSSR count). The first kappa shape index (κ1) is 81.5. The minimum absolute atomic E-state index is 0.00154. The summed E-state index contributed by atoms with van der Waals surface area (Å²) in [7, 11) is 7.58. The summed E-state index contributed by atoms with van der Waals surface area (Å²) in [5.74, 6) is -8.59. The lowest BCUT2D eigenvalue weighted by Gasteiger charge is -2.46. The molecule has 11 amide bonds. The molecular formula is C73H119ClF3N11O12. The Kier molecular flexibility index (Phi) is 29.0. The van der Waals surface area contributed by atoms with E-state index in [2.05, 4.69) is 22.9 Å². The number of hydrogen-bond donors (Lipinski definition) is 3. The molecule has 14 atom stereocenters. The second-order valence-electron chi connectivity index (χ2n) is 31.2. The van der Waals surface area contributed by atoms with Crippen LogP contribution in [-0.4, -0.2) is 250 Å². The van der Waals surface area contributed by atoms with Crippen LogP contribution in [0, 0.1) is 41.4 Å². The highest BCUT2D eigenvalue weighted by Gasteiger charge is 2.53. The van der Waals surface area contributed by atoms with E-state index in [1.807, 2.05) is 27.7 Å². The predicted molar refractivity (Wildman–Crippen MR) is 372 cm³/mol. The number of alkyl halides is 4. The van der Waals surface area contributed by atoms with Gasteiger partial charge in [-0.25, -0.2) is 0 Å². The smallest absolute Gasteiger partial charge is 0.377 e. The van der Waals surface area contributed by atoms with Crippen molar-refractivity contribution in [3.63, 3.8) is 0 Å². The summed E-state index contributed by atoms with van der Waals surface area (Å²) in [6.45, 7) is 16.2. The average Bonchev–Trinajstić information content (AvgIpc) is 0.856. The highest BCUT2D eigenvalue weighted by atomic mass is 35.5. The molecule has 23 nitrogen and oxygen atoms in total. The van der Waals surface area contributed by atoms with Gasteiger partial charge in [-0.15, -0.1) is 11.6 Å². The largest absolute Gasteiger partial charge is 0.393 e. The first-order chi connectivity index (χ1) is 47.1. The van der Waals surface area contributed by atoms with Gasteiger partial charge in [0, 0.05) is 85.7 Å². The van der Waals surface area contributed by atoms with Crippen molar-refractivity contribution in [3.05, 3.63) is 0 Å². The average molecular weight is 1440 g/mol. The van der Waals surface area contributed by atoms with Gasteiger partial charge in [0.15, 0.2) is 0 Å². The van der Waals surface area contributed by atoms with Gasteiger partial charge in [0.05, 0.1) is 18.6 Å². The highest BCUT2D eigenvalue weighted by molar-refractivity contribution is 6.20. The minimum Gasteiger partial charge on any atom is -0.377 e. The maximum Gasteiger partial charge on any atom is 0.393 e. The van der Waals surface area contributed by atoms with Gasteiger partial charge < -0.3 is 59.9 Å². The molecule has 0 bridgehead atoms. The van der Waals surface area contributed by atoms with Crippen molar-refractivity contribution in [2.75, 3.05) is 68.0 Å². The lowest BCUT2D eigenvalue weighted by Crippen LogP contribution is -2.65. The van der Waals surface area contributed by atoms with Gasteiger partial charge >= 0.3 is 6.18 Å². The molecule has 27 heteroatoms. The van der Waals surface area contributed by atoms with Crippen LogP contribution < -0.4 is 16.0 Å². The van der Waals surface area contributed by atoms with E-state index in [0.29, 0.717) is 38.0 Å². The number of carbonyl (C=O) groups is 11. The van der Waals surface area contributed by atoms with E-state index in [1.54, 1.807) is 41.8 Å². The van der Waals surface area contributed by atoms with Crippen LogP contribution >= 0.6 is 11.6 Å². The van der Waals surface area contributed by atoms with E-state index in [0.717, 1.165) is 38.5 Å². The van der Waals surface area contributed by atoms with Crippen molar-refractivity contribution in [2.45, 2.75) is 288 Å². The Balaban J connectivity index is 1.28. The second-order valence-corrected chi connectivity index (χ2v) is 31.8. The fourth-order valence-corrected chi connectivity index (χ4v) is 17.4. The number of rotatable bonds is 13. The standard InChI is InChI=1S/C73H119ClF3N11O12/c1-15-45(7)61-69(97)83(12)47(9)65(93)87-35-32-55(87)68(96)86(16-2)58(39-49-26-24-44(6)25-27-49)67(95)81(10)42-59(89)78-54(31-29-48-28-30-52(53(74)38-48)73(75,76)77)66(94)88-41-51(100-17-3)40-57(88)64(92)80-72(33-20-21-34-72)71(99)85(14)62(50-22-18-19-23-50)70(98)82(11)46(8)37-60(90)84(13)56(36-43(4)5)63(91)79-61/h43-58,61-62H,15-42H2,1-14H3,(H,78,89)(H,79,91)(H,80,92)/t44?,45-,46+,47-,48?,49?,51+,52?,53?,54-,55-,56-,57-,58-,61-,62-/m0/s1. The van der Waals surface area contributed by atoms with E-state index in [-0.39, 0.29) is 127 Å². The maximum absolute atomic E-state index is 15.6. The molecule has 3 unspecified atom stereocenters. The summed E-state index contributed by atoms with van der Waals surface area (Å²) in [4.78, 5) is 177. The molecule has 3 aliphatic heterocycles. The molecule has 0 aromatic carbocycles. The Morgan fingerprint density at radius 3 is 1.85 bits per heavy atom. The third-order valence-corrected chi connectivity index (χ3v) is 24.3. The Hall–Kier alpha value is -5.79. The lowest BCUT2D eigenvalue weighted by molar-refractivity contribution is -0.182. The summed E-state index contributed by atoms with van der Waals surface area (Å²) in [6, 6.07) is -9.79. The van der Waals surface area contributed by atoms with Gasteiger partial charge in [-0.2, -0.15) is 13.2 Å². The van der Waals surface area contributed by atoms with Crippen molar-refractivity contribution in [1.29, 1.82) is 0 Å². The molecule has 0 radical (unpaired) electrons. The van der Waals surface area contributed by atoms with Gasteiger partial charge in [-0.1, -0.05) is 92.4 Å². The number of amides is 11. The van der Waals surface area contributed by atoms with Crippen LogP contribution in [-0.2, 0) is 57.5 Å². The van der Waals surface area contributed by atoms with Gasteiger partial charge in [0.25, 0.3) is 0 Å². The second kappa shape index (κ2) is 35.6. The molecule has 4 aliphatic carbocycles. The zero-order chi connectivity index (χ0) is 74.0. The summed E-state index contributed by atoms with van der Waals surface area (Å²) < 4.78 is 48.4. The zero-order valence-electron chi connectivity index (χ0n) is 62.2. The molecule has 3 saturated heterocycles.